The lowest BCUT2D eigenvalue weighted by atomic mass is 9.81. The summed E-state index contributed by atoms with van der Waals surface area (Å²) >= 11 is 0. The highest BCUT2D eigenvalue weighted by Gasteiger charge is 2.54. The van der Waals surface area contributed by atoms with E-state index in [9.17, 15) is 35.4 Å². The highest BCUT2D eigenvalue weighted by molar-refractivity contribution is 5.81. The quantitative estimate of drug-likeness (QED) is 0.120. The van der Waals surface area contributed by atoms with Gasteiger partial charge in [0, 0.05) is 6.54 Å². The minimum Gasteiger partial charge on any atom is -0.461 e. The lowest BCUT2D eigenvalue weighted by Gasteiger charge is -2.49. The van der Waals surface area contributed by atoms with Gasteiger partial charge in [0.25, 0.3) is 5.95 Å². The van der Waals surface area contributed by atoms with E-state index in [0.717, 1.165) is 0 Å². The lowest BCUT2D eigenvalue weighted by Crippen LogP contribution is -2.73. The number of aliphatic hydroxyl groups excluding tert-OH is 6. The summed E-state index contributed by atoms with van der Waals surface area (Å²) in [6, 6.07) is -4.00. The molecule has 3 rings (SSSR count). The molecule has 0 aromatic heterocycles. The second-order valence-electron chi connectivity index (χ2n) is 9.73. The van der Waals surface area contributed by atoms with Gasteiger partial charge in [-0.25, -0.2) is 0 Å². The number of aliphatic hydroxyl groups is 6. The number of amides is 1. The molecule has 3 aliphatic rings. The number of hydrogen-bond donors (Lipinski definition) is 11. The second-order valence-corrected chi connectivity index (χ2v) is 9.73. The fourth-order valence-corrected chi connectivity index (χ4v) is 4.70. The molecule has 0 radical (unpaired) electrons. The standard InChI is InChI=1S/C22H41N5O11/c23-5-4-9(29)21(34)27-14-16(31)13(26)19(37-11-3-1-2-8(6-24)35-11)18(33)20(14)38-22-17(32)12(25)15(30)10(7-28)36-22/h3,8-10,12-20,22,28-33H,1-2,4-7,23-26H2,(H,27,34)/t8-,9-,10?,12-,13-,14+,15-,16?,17?,18?,19?,20-,22+/m0/s1. The van der Waals surface area contributed by atoms with E-state index >= 15 is 0 Å². The molecule has 13 atom stereocenters. The molecule has 0 aromatic rings. The zero-order chi connectivity index (χ0) is 28.1. The number of rotatable bonds is 10. The molecule has 1 aliphatic carbocycles. The van der Waals surface area contributed by atoms with Crippen LogP contribution < -0.4 is 28.3 Å². The molecule has 2 heterocycles. The molecule has 1 saturated heterocycles. The molecular weight excluding hydrogens is 510 g/mol. The van der Waals surface area contributed by atoms with Crippen molar-refractivity contribution in [2.75, 3.05) is 19.7 Å². The average Bonchev–Trinajstić information content (AvgIpc) is 2.91. The summed E-state index contributed by atoms with van der Waals surface area (Å²) in [5, 5.41) is 65.1. The van der Waals surface area contributed by atoms with Crippen LogP contribution in [0.3, 0.4) is 0 Å². The van der Waals surface area contributed by atoms with Crippen LogP contribution in [-0.2, 0) is 23.7 Å². The summed E-state index contributed by atoms with van der Waals surface area (Å²) < 4.78 is 22.7. The Morgan fingerprint density at radius 1 is 1.08 bits per heavy atom. The number of carbonyl (C=O) groups is 1. The SMILES string of the molecule is NCC[C@H](O)C(=O)N[C@@H]1C(O)[C@H](N)C(OC2=CCC[C@@H](CN)O2)C(O)[C@H]1O[C@H]1OC(CO)[C@H](O)[C@H](N)C1O. The summed E-state index contributed by atoms with van der Waals surface area (Å²) in [5.41, 5.74) is 23.1. The van der Waals surface area contributed by atoms with Crippen molar-refractivity contribution in [2.24, 2.45) is 22.9 Å². The van der Waals surface area contributed by atoms with Crippen LogP contribution in [0.5, 0.6) is 0 Å². The largest absolute Gasteiger partial charge is 0.461 e. The number of ether oxygens (including phenoxy) is 4. The van der Waals surface area contributed by atoms with Gasteiger partial charge >= 0.3 is 0 Å². The lowest BCUT2D eigenvalue weighted by molar-refractivity contribution is -0.310. The van der Waals surface area contributed by atoms with Crippen molar-refractivity contribution >= 4 is 5.91 Å². The van der Waals surface area contributed by atoms with Gasteiger partial charge in [-0.05, 0) is 31.9 Å². The maximum absolute atomic E-state index is 12.6. The van der Waals surface area contributed by atoms with Crippen LogP contribution in [-0.4, -0.2) is 136 Å². The summed E-state index contributed by atoms with van der Waals surface area (Å²) in [6.07, 6.45) is -11.1. The Hall–Kier alpha value is -1.67. The molecule has 1 saturated carbocycles. The molecule has 38 heavy (non-hydrogen) atoms. The predicted octanol–water partition coefficient (Wildman–Crippen LogP) is -6.24. The zero-order valence-electron chi connectivity index (χ0n) is 20.9. The first-order valence-electron chi connectivity index (χ1n) is 12.6. The highest BCUT2D eigenvalue weighted by Crippen LogP contribution is 2.31. The Morgan fingerprint density at radius 2 is 1.79 bits per heavy atom. The van der Waals surface area contributed by atoms with E-state index in [1.54, 1.807) is 6.08 Å². The summed E-state index contributed by atoms with van der Waals surface area (Å²) in [6.45, 7) is -0.431. The van der Waals surface area contributed by atoms with Gasteiger partial charge in [-0.2, -0.15) is 0 Å². The first-order chi connectivity index (χ1) is 18.0. The van der Waals surface area contributed by atoms with Crippen molar-refractivity contribution in [3.63, 3.8) is 0 Å². The molecule has 1 amide bonds. The summed E-state index contributed by atoms with van der Waals surface area (Å²) in [7, 11) is 0. The van der Waals surface area contributed by atoms with Crippen LogP contribution in [0.25, 0.3) is 0 Å². The maximum atomic E-state index is 12.6. The van der Waals surface area contributed by atoms with Crippen LogP contribution >= 0.6 is 0 Å². The van der Waals surface area contributed by atoms with Crippen molar-refractivity contribution in [3.8, 4) is 0 Å². The molecule has 0 aromatic carbocycles. The van der Waals surface area contributed by atoms with E-state index in [-0.39, 0.29) is 31.6 Å². The normalized spacial score (nSPS) is 42.5. The minimum atomic E-state index is -1.65. The molecule has 16 nitrogen and oxygen atoms in total. The number of carbonyl (C=O) groups excluding carboxylic acids is 1. The molecule has 2 fully saturated rings. The minimum absolute atomic E-state index is 0.00354. The van der Waals surface area contributed by atoms with E-state index in [1.165, 1.54) is 0 Å². The smallest absolute Gasteiger partial charge is 0.275 e. The molecule has 16 heteroatoms. The molecule has 220 valence electrons. The molecule has 5 unspecified atom stereocenters. The Bertz CT molecular complexity index is 808. The number of hydrogen-bond acceptors (Lipinski definition) is 15. The van der Waals surface area contributed by atoms with Gasteiger partial charge in [-0.1, -0.05) is 0 Å². The first-order valence-corrected chi connectivity index (χ1v) is 12.6. The Morgan fingerprint density at radius 3 is 2.42 bits per heavy atom. The molecule has 0 bridgehead atoms. The molecule has 2 aliphatic heterocycles. The fraction of sp³-hybridized carbons (Fsp3) is 0.864. The fourth-order valence-electron chi connectivity index (χ4n) is 4.70. The Labute approximate surface area is 219 Å². The van der Waals surface area contributed by atoms with Gasteiger partial charge in [0.2, 0.25) is 5.91 Å². The van der Waals surface area contributed by atoms with Gasteiger partial charge in [0.05, 0.1) is 30.8 Å². The van der Waals surface area contributed by atoms with E-state index in [1.807, 2.05) is 0 Å². The third-order valence-electron chi connectivity index (χ3n) is 7.05. The Balaban J connectivity index is 1.87. The highest BCUT2D eigenvalue weighted by atomic mass is 16.7. The number of nitrogens with one attached hydrogen (secondary N) is 1. The van der Waals surface area contributed by atoms with Crippen LogP contribution in [0.2, 0.25) is 0 Å². The Kier molecular flexibility index (Phi) is 11.0. The van der Waals surface area contributed by atoms with Crippen molar-refractivity contribution in [1.29, 1.82) is 0 Å². The second kappa shape index (κ2) is 13.6. The van der Waals surface area contributed by atoms with Crippen molar-refractivity contribution in [1.82, 2.24) is 5.32 Å². The van der Waals surface area contributed by atoms with Crippen LogP contribution in [0.15, 0.2) is 12.0 Å². The molecule has 0 spiro atoms. The third kappa shape index (κ3) is 6.72. The summed E-state index contributed by atoms with van der Waals surface area (Å²) in [4.78, 5) is 12.6. The average molecular weight is 552 g/mol. The molecule has 15 N–H and O–H groups in total. The van der Waals surface area contributed by atoms with E-state index in [4.69, 9.17) is 41.9 Å². The topological polar surface area (TPSA) is 291 Å². The zero-order valence-corrected chi connectivity index (χ0v) is 20.9. The van der Waals surface area contributed by atoms with Crippen molar-refractivity contribution in [3.05, 3.63) is 12.0 Å². The number of allylic oxidation sites excluding steroid dienone is 1. The van der Waals surface area contributed by atoms with E-state index in [2.05, 4.69) is 5.32 Å². The van der Waals surface area contributed by atoms with Gasteiger partial charge in [0.1, 0.15) is 48.8 Å². The predicted molar refractivity (Wildman–Crippen MR) is 128 cm³/mol. The first kappa shape index (κ1) is 30.9. The van der Waals surface area contributed by atoms with E-state index < -0.39 is 85.8 Å². The van der Waals surface area contributed by atoms with Crippen molar-refractivity contribution < 1.29 is 54.4 Å². The number of nitrogens with two attached hydrogens (primary N) is 4. The van der Waals surface area contributed by atoms with Gasteiger partial charge in [0.15, 0.2) is 6.29 Å². The van der Waals surface area contributed by atoms with Gasteiger partial charge in [-0.15, -0.1) is 0 Å². The van der Waals surface area contributed by atoms with Gasteiger partial charge < -0.3 is 77.8 Å². The van der Waals surface area contributed by atoms with Crippen LogP contribution in [0.4, 0.5) is 0 Å². The maximum Gasteiger partial charge on any atom is 0.275 e. The van der Waals surface area contributed by atoms with E-state index in [0.29, 0.717) is 12.8 Å². The van der Waals surface area contributed by atoms with Crippen LogP contribution in [0, 0.1) is 0 Å². The summed E-state index contributed by atoms with van der Waals surface area (Å²) in [5.74, 6) is -0.876. The van der Waals surface area contributed by atoms with Crippen LogP contribution in [0.1, 0.15) is 19.3 Å². The van der Waals surface area contributed by atoms with Gasteiger partial charge in [-0.3, -0.25) is 4.79 Å². The monoisotopic (exact) mass is 551 g/mol. The molecular formula is C22H41N5O11. The van der Waals surface area contributed by atoms with Crippen molar-refractivity contribution in [2.45, 2.75) is 98.6 Å². The third-order valence-corrected chi connectivity index (χ3v) is 7.05.